The minimum atomic E-state index is -0.258. The Bertz CT molecular complexity index is 491. The monoisotopic (exact) mass is 180 g/mol. The van der Waals surface area contributed by atoms with Gasteiger partial charge < -0.3 is 0 Å². The standard InChI is InChI=1S/C13H8O/c1-2-13(14)12-9-8-10-6-4-3-5-7-11(10)12/h1,3-9H. The number of hydrogen-bond donors (Lipinski definition) is 0. The molecule has 2 aliphatic rings. The molecule has 1 nitrogen and oxygen atoms in total. The molecule has 0 atom stereocenters. The number of carbonyl (C=O) groups excluding carboxylic acids is 1. The average Bonchev–Trinajstić information content (AvgIpc) is 2.46. The van der Waals surface area contributed by atoms with E-state index in [-0.39, 0.29) is 5.78 Å². The summed E-state index contributed by atoms with van der Waals surface area (Å²) in [6.07, 6.45) is 5.09. The van der Waals surface area contributed by atoms with E-state index in [1.165, 1.54) is 0 Å². The van der Waals surface area contributed by atoms with Gasteiger partial charge in [0.1, 0.15) is 0 Å². The summed E-state index contributed by atoms with van der Waals surface area (Å²) in [5.41, 5.74) is 2.56. The summed E-state index contributed by atoms with van der Waals surface area (Å²) in [6, 6.07) is 13.3. The molecule has 2 rings (SSSR count). The Balaban J connectivity index is 2.65. The van der Waals surface area contributed by atoms with Gasteiger partial charge in [0, 0.05) is 5.56 Å². The SMILES string of the molecule is C#CC(=O)c1ccc2cccccc1-2. The molecule has 0 aromatic rings. The Morgan fingerprint density at radius 2 is 1.86 bits per heavy atom. The number of rotatable bonds is 1. The van der Waals surface area contributed by atoms with Gasteiger partial charge in [0.25, 0.3) is 0 Å². The first-order valence-electron chi connectivity index (χ1n) is 4.31. The smallest absolute Gasteiger partial charge is 0.236 e. The molecule has 0 aliphatic heterocycles. The van der Waals surface area contributed by atoms with E-state index in [4.69, 9.17) is 6.42 Å². The van der Waals surface area contributed by atoms with Crippen LogP contribution >= 0.6 is 0 Å². The summed E-state index contributed by atoms with van der Waals surface area (Å²) in [5, 5.41) is 0. The highest BCUT2D eigenvalue weighted by atomic mass is 16.1. The summed E-state index contributed by atoms with van der Waals surface area (Å²) in [7, 11) is 0. The fourth-order valence-corrected chi connectivity index (χ4v) is 1.49. The van der Waals surface area contributed by atoms with Crippen LogP contribution in [0.5, 0.6) is 0 Å². The minimum Gasteiger partial charge on any atom is -0.279 e. The molecule has 66 valence electrons. The van der Waals surface area contributed by atoms with Gasteiger partial charge in [-0.05, 0) is 23.1 Å². The fraction of sp³-hybridized carbons (Fsp3) is 0. The van der Waals surface area contributed by atoms with Crippen molar-refractivity contribution in [2.24, 2.45) is 0 Å². The van der Waals surface area contributed by atoms with Crippen LogP contribution in [0.1, 0.15) is 10.4 Å². The van der Waals surface area contributed by atoms with Crippen LogP contribution in [0.3, 0.4) is 0 Å². The van der Waals surface area contributed by atoms with Crippen LogP contribution in [0.4, 0.5) is 0 Å². The summed E-state index contributed by atoms with van der Waals surface area (Å²) in [6.45, 7) is 0. The summed E-state index contributed by atoms with van der Waals surface area (Å²) < 4.78 is 0. The Labute approximate surface area is 82.7 Å². The molecule has 14 heavy (non-hydrogen) atoms. The Hall–Kier alpha value is -2.07. The van der Waals surface area contributed by atoms with E-state index in [1.54, 1.807) is 6.07 Å². The lowest BCUT2D eigenvalue weighted by Crippen LogP contribution is -1.92. The summed E-state index contributed by atoms with van der Waals surface area (Å²) in [4.78, 5) is 11.4. The van der Waals surface area contributed by atoms with E-state index in [1.807, 2.05) is 36.4 Å². The highest BCUT2D eigenvalue weighted by Gasteiger charge is 2.11. The highest BCUT2D eigenvalue weighted by Crippen LogP contribution is 2.26. The van der Waals surface area contributed by atoms with Crippen molar-refractivity contribution in [1.29, 1.82) is 0 Å². The third kappa shape index (κ3) is 1.27. The molecule has 0 aromatic heterocycles. The molecule has 0 aromatic carbocycles. The lowest BCUT2D eigenvalue weighted by atomic mass is 10.1. The van der Waals surface area contributed by atoms with Crippen molar-refractivity contribution in [1.82, 2.24) is 0 Å². The Morgan fingerprint density at radius 3 is 2.64 bits per heavy atom. The third-order valence-electron chi connectivity index (χ3n) is 2.17. The van der Waals surface area contributed by atoms with Crippen molar-refractivity contribution >= 4 is 5.78 Å². The third-order valence-corrected chi connectivity index (χ3v) is 2.17. The number of hydrogen-bond acceptors (Lipinski definition) is 1. The topological polar surface area (TPSA) is 17.1 Å². The number of carbonyl (C=O) groups is 1. The molecule has 0 spiro atoms. The zero-order chi connectivity index (χ0) is 9.97. The molecule has 0 fully saturated rings. The van der Waals surface area contributed by atoms with Crippen LogP contribution < -0.4 is 0 Å². The molecular formula is C13H8O. The van der Waals surface area contributed by atoms with Crippen molar-refractivity contribution in [2.45, 2.75) is 0 Å². The van der Waals surface area contributed by atoms with Crippen LogP contribution in [0.15, 0.2) is 42.5 Å². The van der Waals surface area contributed by atoms with Crippen molar-refractivity contribution in [2.75, 3.05) is 0 Å². The predicted molar refractivity (Wildman–Crippen MR) is 56.2 cm³/mol. The van der Waals surface area contributed by atoms with Gasteiger partial charge in [0.05, 0.1) is 0 Å². The first kappa shape index (κ1) is 8.52. The summed E-state index contributed by atoms with van der Waals surface area (Å²) >= 11 is 0. The molecular weight excluding hydrogens is 172 g/mol. The van der Waals surface area contributed by atoms with Gasteiger partial charge in [0.15, 0.2) is 0 Å². The highest BCUT2D eigenvalue weighted by molar-refractivity contribution is 6.13. The molecule has 0 saturated carbocycles. The van der Waals surface area contributed by atoms with Crippen LogP contribution in [0.25, 0.3) is 11.1 Å². The van der Waals surface area contributed by atoms with Crippen molar-refractivity contribution in [3.8, 4) is 23.5 Å². The maximum absolute atomic E-state index is 11.4. The first-order chi connectivity index (χ1) is 6.83. The van der Waals surface area contributed by atoms with Crippen LogP contribution in [0, 0.1) is 12.3 Å². The molecule has 0 saturated heterocycles. The zero-order valence-corrected chi connectivity index (χ0v) is 7.53. The first-order valence-corrected chi connectivity index (χ1v) is 4.31. The summed E-state index contributed by atoms with van der Waals surface area (Å²) in [5.74, 6) is 1.87. The van der Waals surface area contributed by atoms with Gasteiger partial charge in [-0.15, -0.1) is 6.42 Å². The van der Waals surface area contributed by atoms with E-state index >= 15 is 0 Å². The Morgan fingerprint density at radius 1 is 1.07 bits per heavy atom. The molecule has 0 heterocycles. The van der Waals surface area contributed by atoms with Gasteiger partial charge in [0.2, 0.25) is 5.78 Å². The van der Waals surface area contributed by atoms with E-state index < -0.39 is 0 Å². The molecule has 2 aliphatic carbocycles. The number of Topliss-reactive ketones (excluding diaryl/α,β-unsaturated/α-hetero) is 1. The van der Waals surface area contributed by atoms with Gasteiger partial charge in [-0.3, -0.25) is 4.79 Å². The minimum absolute atomic E-state index is 0.258. The second kappa shape index (κ2) is 3.35. The second-order valence-corrected chi connectivity index (χ2v) is 3.00. The molecule has 0 N–H and O–H groups in total. The van der Waals surface area contributed by atoms with E-state index in [9.17, 15) is 4.79 Å². The number of terminal acetylenes is 1. The van der Waals surface area contributed by atoms with Gasteiger partial charge in [-0.1, -0.05) is 36.4 Å². The van der Waals surface area contributed by atoms with Crippen molar-refractivity contribution in [3.05, 3.63) is 48.0 Å². The lowest BCUT2D eigenvalue weighted by molar-refractivity contribution is 0.105. The predicted octanol–water partition coefficient (Wildman–Crippen LogP) is 2.61. The largest absolute Gasteiger partial charge is 0.279 e. The second-order valence-electron chi connectivity index (χ2n) is 3.00. The zero-order valence-electron chi connectivity index (χ0n) is 7.53. The van der Waals surface area contributed by atoms with Gasteiger partial charge in [-0.2, -0.15) is 0 Å². The molecule has 1 heteroatoms. The maximum Gasteiger partial charge on any atom is 0.236 e. The van der Waals surface area contributed by atoms with Crippen molar-refractivity contribution < 1.29 is 4.79 Å². The molecule has 0 unspecified atom stereocenters. The van der Waals surface area contributed by atoms with Crippen LogP contribution in [-0.4, -0.2) is 5.78 Å². The number of ketones is 1. The average molecular weight is 180 g/mol. The van der Waals surface area contributed by atoms with E-state index in [0.29, 0.717) is 5.56 Å². The van der Waals surface area contributed by atoms with Crippen molar-refractivity contribution in [3.63, 3.8) is 0 Å². The maximum atomic E-state index is 11.4. The number of fused-ring (bicyclic) bond motifs is 1. The van der Waals surface area contributed by atoms with E-state index in [0.717, 1.165) is 11.1 Å². The van der Waals surface area contributed by atoms with Gasteiger partial charge >= 0.3 is 0 Å². The Kier molecular flexibility index (Phi) is 2.04. The van der Waals surface area contributed by atoms with E-state index in [2.05, 4.69) is 5.92 Å². The quantitative estimate of drug-likeness (QED) is 0.374. The van der Waals surface area contributed by atoms with Crippen LogP contribution in [0.2, 0.25) is 0 Å². The fourth-order valence-electron chi connectivity index (χ4n) is 1.49. The normalized spacial score (nSPS) is 9.64. The van der Waals surface area contributed by atoms with Gasteiger partial charge in [-0.25, -0.2) is 0 Å². The van der Waals surface area contributed by atoms with Crippen LogP contribution in [-0.2, 0) is 0 Å². The molecule has 0 radical (unpaired) electrons. The molecule has 0 bridgehead atoms. The lowest BCUT2D eigenvalue weighted by Gasteiger charge is -1.94. The molecule has 0 amide bonds.